The van der Waals surface area contributed by atoms with E-state index in [1.807, 2.05) is 33.3 Å². The van der Waals surface area contributed by atoms with Crippen LogP contribution in [0, 0.1) is 0 Å². The molecule has 0 saturated carbocycles. The molecular weight excluding hydrogens is 1000 g/mol. The van der Waals surface area contributed by atoms with Crippen molar-refractivity contribution in [2.75, 3.05) is 40.9 Å². The number of hydrogen-bond acceptors (Lipinski definition) is 7. The number of allylic oxidation sites excluding steroid dienone is 17. The first-order chi connectivity index (χ1) is 38.4. The van der Waals surface area contributed by atoms with Crippen molar-refractivity contribution in [3.8, 4) is 0 Å². The lowest BCUT2D eigenvalue weighted by Crippen LogP contribution is -2.47. The molecule has 9 nitrogen and oxygen atoms in total. The predicted octanol–water partition coefficient (Wildman–Crippen LogP) is 19.5. The van der Waals surface area contributed by atoms with Gasteiger partial charge in [0.25, 0.3) is 7.82 Å². The lowest BCUT2D eigenvalue weighted by Gasteiger charge is -2.30. The largest absolute Gasteiger partial charge is 0.756 e. The molecule has 454 valence electrons. The normalized spacial score (nSPS) is 14.4. The van der Waals surface area contributed by atoms with Crippen molar-refractivity contribution < 1.29 is 37.3 Å². The van der Waals surface area contributed by atoms with Gasteiger partial charge >= 0.3 is 5.97 Å². The third kappa shape index (κ3) is 59.1. The van der Waals surface area contributed by atoms with Crippen molar-refractivity contribution in [3.63, 3.8) is 0 Å². The lowest BCUT2D eigenvalue weighted by atomic mass is 10.0. The Morgan fingerprint density at radius 1 is 0.456 bits per heavy atom. The molecule has 1 amide bonds. The van der Waals surface area contributed by atoms with E-state index in [0.717, 1.165) is 116 Å². The molecule has 10 heteroatoms. The molecule has 0 aromatic heterocycles. The van der Waals surface area contributed by atoms with E-state index in [2.05, 4.69) is 123 Å². The van der Waals surface area contributed by atoms with E-state index in [1.54, 1.807) is 0 Å². The smallest absolute Gasteiger partial charge is 0.306 e. The summed E-state index contributed by atoms with van der Waals surface area (Å²) < 4.78 is 30.3. The Kier molecular flexibility index (Phi) is 55.4. The number of quaternary nitrogens is 1. The van der Waals surface area contributed by atoms with Gasteiger partial charge in [-0.1, -0.05) is 246 Å². The molecule has 3 unspecified atom stereocenters. The average Bonchev–Trinajstić information content (AvgIpc) is 3.41. The minimum Gasteiger partial charge on any atom is -0.756 e. The zero-order chi connectivity index (χ0) is 57.9. The third-order valence-corrected chi connectivity index (χ3v) is 14.7. The molecule has 0 saturated heterocycles. The van der Waals surface area contributed by atoms with Crippen LogP contribution in [-0.2, 0) is 27.9 Å². The molecular formula is C69H121N2O7P. The molecule has 0 fully saturated rings. The van der Waals surface area contributed by atoms with Gasteiger partial charge in [-0.15, -0.1) is 0 Å². The second-order valence-electron chi connectivity index (χ2n) is 22.5. The zero-order valence-corrected chi connectivity index (χ0v) is 52.7. The molecule has 79 heavy (non-hydrogen) atoms. The van der Waals surface area contributed by atoms with E-state index in [4.69, 9.17) is 13.8 Å². The van der Waals surface area contributed by atoms with Crippen LogP contribution in [0.4, 0.5) is 0 Å². The number of carbonyl (C=O) groups excluding carboxylic acids is 2. The van der Waals surface area contributed by atoms with Crippen LogP contribution in [-0.4, -0.2) is 69.4 Å². The van der Waals surface area contributed by atoms with Gasteiger partial charge in [-0.05, 0) is 115 Å². The van der Waals surface area contributed by atoms with Crippen LogP contribution >= 0.6 is 7.82 Å². The molecule has 0 aliphatic carbocycles. The molecule has 0 rings (SSSR count). The summed E-state index contributed by atoms with van der Waals surface area (Å²) in [5.74, 6) is -0.590. The number of phosphoric ester groups is 1. The van der Waals surface area contributed by atoms with E-state index >= 15 is 0 Å². The van der Waals surface area contributed by atoms with Crippen molar-refractivity contribution in [2.45, 2.75) is 277 Å². The Hall–Kier alpha value is -3.33. The van der Waals surface area contributed by atoms with E-state index in [-0.39, 0.29) is 24.9 Å². The highest BCUT2D eigenvalue weighted by Gasteiger charge is 2.27. The van der Waals surface area contributed by atoms with Gasteiger partial charge in [-0.3, -0.25) is 14.2 Å². The van der Waals surface area contributed by atoms with E-state index in [1.165, 1.54) is 109 Å². The monoisotopic (exact) mass is 1120 g/mol. The summed E-state index contributed by atoms with van der Waals surface area (Å²) in [7, 11) is 1.15. The summed E-state index contributed by atoms with van der Waals surface area (Å²) in [6, 6.07) is -0.914. The Morgan fingerprint density at radius 3 is 1.25 bits per heavy atom. The molecule has 3 atom stereocenters. The Labute approximate surface area is 487 Å². The summed E-state index contributed by atoms with van der Waals surface area (Å²) in [6.07, 6.45) is 79.1. The third-order valence-electron chi connectivity index (χ3n) is 13.7. The highest BCUT2D eigenvalue weighted by atomic mass is 31.2. The standard InChI is InChI=1S/C69H121N2O7P/c1-7-10-13-16-19-22-25-28-30-32-34-35-37-38-40-43-46-49-52-55-58-61-68(72)70-66(65-77-79(74,75)76-64-63-71(4,5)6)67(60-57-54-51-48-45-42-27-24-21-18-15-12-9-3)78-69(73)62-59-56-53-50-47-44-41-39-36-33-31-29-26-23-20-17-14-11-8-2/h11,14,19-20,22-23,28-31,34-36,39,44,47,57,60,66-67H,7-10,12-13,15-18,21,24-27,32-33,37-38,40-43,45-46,48-56,58-59,61-65H2,1-6H3,(H-,70,72,74,75)/b14-11-,22-19-,23-20-,30-28-,31-29-,35-34-,39-36-,47-44-,60-57+. The highest BCUT2D eigenvalue weighted by Crippen LogP contribution is 2.38. The number of phosphoric acid groups is 1. The van der Waals surface area contributed by atoms with Crippen LogP contribution in [0.25, 0.3) is 0 Å². The van der Waals surface area contributed by atoms with Crippen LogP contribution in [0.5, 0.6) is 0 Å². The minimum atomic E-state index is -4.72. The maximum Gasteiger partial charge on any atom is 0.306 e. The molecule has 0 spiro atoms. The number of carbonyl (C=O) groups is 2. The predicted molar refractivity (Wildman–Crippen MR) is 339 cm³/mol. The number of nitrogens with one attached hydrogen (secondary N) is 1. The van der Waals surface area contributed by atoms with Crippen LogP contribution in [0.1, 0.15) is 265 Å². The van der Waals surface area contributed by atoms with Crippen molar-refractivity contribution in [3.05, 3.63) is 109 Å². The Balaban J connectivity index is 5.33. The van der Waals surface area contributed by atoms with Gasteiger partial charge in [0, 0.05) is 12.8 Å². The Bertz CT molecular complexity index is 1720. The zero-order valence-electron chi connectivity index (χ0n) is 51.8. The molecule has 0 radical (unpaired) electrons. The molecule has 0 aromatic carbocycles. The molecule has 0 bridgehead atoms. The second kappa shape index (κ2) is 57.9. The van der Waals surface area contributed by atoms with Crippen LogP contribution in [0.2, 0.25) is 0 Å². The van der Waals surface area contributed by atoms with E-state index in [0.29, 0.717) is 23.9 Å². The molecule has 0 aliphatic rings. The molecule has 0 aromatic rings. The number of amides is 1. The first-order valence-corrected chi connectivity index (χ1v) is 33.7. The quantitative estimate of drug-likeness (QED) is 0.0212. The molecule has 0 heterocycles. The van der Waals surface area contributed by atoms with E-state index in [9.17, 15) is 19.0 Å². The van der Waals surface area contributed by atoms with Crippen LogP contribution < -0.4 is 10.2 Å². The summed E-state index contributed by atoms with van der Waals surface area (Å²) >= 11 is 0. The van der Waals surface area contributed by atoms with E-state index < -0.39 is 26.6 Å². The number of unbranched alkanes of at least 4 members (excludes halogenated alkanes) is 25. The Morgan fingerprint density at radius 2 is 0.810 bits per heavy atom. The average molecular weight is 1120 g/mol. The second-order valence-corrected chi connectivity index (χ2v) is 23.9. The SMILES string of the molecule is CC/C=C\C/C=C\C/C=C\C/C=C\C/C=C\CCCCCC(=O)OC(/C=C/CCCCCCCCCCCCC)C(COP(=O)([O-])OCC[N+](C)(C)C)NC(=O)CCCCCCCCCC/C=C\C/C=C\C/C=C\CCCCC. The van der Waals surface area contributed by atoms with Crippen molar-refractivity contribution in [2.24, 2.45) is 0 Å². The fourth-order valence-corrected chi connectivity index (χ4v) is 9.45. The van der Waals surface area contributed by atoms with Crippen molar-refractivity contribution >= 4 is 19.7 Å². The van der Waals surface area contributed by atoms with Gasteiger partial charge in [0.2, 0.25) is 5.91 Å². The van der Waals surface area contributed by atoms with Crippen molar-refractivity contribution in [1.29, 1.82) is 0 Å². The number of likely N-dealkylation sites (N-methyl/N-ethyl adjacent to an activating group) is 1. The van der Waals surface area contributed by atoms with Gasteiger partial charge in [0.1, 0.15) is 19.3 Å². The van der Waals surface area contributed by atoms with Gasteiger partial charge < -0.3 is 28.5 Å². The molecule has 0 aliphatic heterocycles. The number of ether oxygens (including phenoxy) is 1. The minimum absolute atomic E-state index is 0.0348. The van der Waals surface area contributed by atoms with Gasteiger partial charge in [-0.2, -0.15) is 0 Å². The van der Waals surface area contributed by atoms with Gasteiger partial charge in [0.05, 0.1) is 33.8 Å². The fourth-order valence-electron chi connectivity index (χ4n) is 8.73. The van der Waals surface area contributed by atoms with Crippen LogP contribution in [0.3, 0.4) is 0 Å². The maximum atomic E-state index is 13.6. The number of hydrogen-bond donors (Lipinski definition) is 1. The van der Waals surface area contributed by atoms with Crippen molar-refractivity contribution in [1.82, 2.24) is 5.32 Å². The summed E-state index contributed by atoms with van der Waals surface area (Å²) in [4.78, 5) is 40.1. The lowest BCUT2D eigenvalue weighted by molar-refractivity contribution is -0.870. The van der Waals surface area contributed by atoms with Gasteiger partial charge in [0.15, 0.2) is 0 Å². The highest BCUT2D eigenvalue weighted by molar-refractivity contribution is 7.45. The fraction of sp³-hybridized carbons (Fsp3) is 0.710. The number of esters is 1. The summed E-state index contributed by atoms with van der Waals surface area (Å²) in [5, 5.41) is 3.02. The summed E-state index contributed by atoms with van der Waals surface area (Å²) in [5.41, 5.74) is 0. The number of nitrogens with zero attached hydrogens (tertiary/aromatic N) is 1. The summed E-state index contributed by atoms with van der Waals surface area (Å²) in [6.45, 7) is 6.67. The van der Waals surface area contributed by atoms with Gasteiger partial charge in [-0.25, -0.2) is 0 Å². The maximum absolute atomic E-state index is 13.6. The first-order valence-electron chi connectivity index (χ1n) is 32.2. The number of rotatable bonds is 57. The first kappa shape index (κ1) is 75.7. The molecule has 1 N–H and O–H groups in total. The topological polar surface area (TPSA) is 114 Å². The van der Waals surface area contributed by atoms with Crippen LogP contribution in [0.15, 0.2) is 109 Å².